The van der Waals surface area contributed by atoms with Crippen molar-refractivity contribution in [1.29, 1.82) is 0 Å². The van der Waals surface area contributed by atoms with Crippen molar-refractivity contribution >= 4 is 17.6 Å². The fourth-order valence-corrected chi connectivity index (χ4v) is 2.84. The maximum absolute atomic E-state index is 12.6. The third-order valence-electron chi connectivity index (χ3n) is 4.06. The summed E-state index contributed by atoms with van der Waals surface area (Å²) in [6, 6.07) is 7.86. The van der Waals surface area contributed by atoms with Gasteiger partial charge >= 0.3 is 5.97 Å². The molecule has 0 unspecified atom stereocenters. The van der Waals surface area contributed by atoms with Gasteiger partial charge in [0.25, 0.3) is 0 Å². The van der Waals surface area contributed by atoms with Crippen molar-refractivity contribution in [3.63, 3.8) is 0 Å². The fourth-order valence-electron chi connectivity index (χ4n) is 2.84. The summed E-state index contributed by atoms with van der Waals surface area (Å²) in [6.07, 6.45) is 1.76. The molecule has 0 saturated heterocycles. The predicted octanol–water partition coefficient (Wildman–Crippen LogP) is 2.85. The second-order valence-corrected chi connectivity index (χ2v) is 5.46. The van der Waals surface area contributed by atoms with Crippen LogP contribution in [0.1, 0.15) is 31.7 Å². The third kappa shape index (κ3) is 3.00. The lowest BCUT2D eigenvalue weighted by atomic mass is 10.0. The maximum atomic E-state index is 12.6. The summed E-state index contributed by atoms with van der Waals surface area (Å²) in [7, 11) is 0. The minimum atomic E-state index is -0.779. The summed E-state index contributed by atoms with van der Waals surface area (Å²) in [5.41, 5.74) is 2.05. The van der Waals surface area contributed by atoms with Gasteiger partial charge in [-0.3, -0.25) is 9.59 Å². The number of aliphatic carboxylic acids is 1. The average Bonchev–Trinajstić information content (AvgIpc) is 2.91. The molecule has 20 heavy (non-hydrogen) atoms. The molecular formula is C16H21NO3. The molecule has 0 spiro atoms. The van der Waals surface area contributed by atoms with Crippen molar-refractivity contribution < 1.29 is 14.7 Å². The molecule has 4 heteroatoms. The van der Waals surface area contributed by atoms with Crippen LogP contribution in [0.25, 0.3) is 0 Å². The van der Waals surface area contributed by atoms with E-state index < -0.39 is 5.97 Å². The van der Waals surface area contributed by atoms with Crippen LogP contribution < -0.4 is 4.90 Å². The number of hydrogen-bond acceptors (Lipinski definition) is 2. The van der Waals surface area contributed by atoms with Crippen molar-refractivity contribution in [2.24, 2.45) is 11.8 Å². The number of anilines is 1. The first-order valence-electron chi connectivity index (χ1n) is 7.13. The Bertz CT molecular complexity index is 495. The zero-order valence-electron chi connectivity index (χ0n) is 12.0. The average molecular weight is 275 g/mol. The van der Waals surface area contributed by atoms with E-state index in [9.17, 15) is 9.59 Å². The van der Waals surface area contributed by atoms with Crippen molar-refractivity contribution in [1.82, 2.24) is 0 Å². The number of carboxylic acid groups (broad SMARTS) is 1. The van der Waals surface area contributed by atoms with Gasteiger partial charge in [0.2, 0.25) is 5.91 Å². The zero-order valence-corrected chi connectivity index (χ0v) is 12.0. The van der Waals surface area contributed by atoms with Crippen LogP contribution in [0.3, 0.4) is 0 Å². The molecule has 0 aromatic heterocycles. The Kier molecular flexibility index (Phi) is 4.42. The monoisotopic (exact) mass is 275 g/mol. The number of benzene rings is 1. The van der Waals surface area contributed by atoms with Crippen LogP contribution in [-0.2, 0) is 9.59 Å². The molecule has 1 aliphatic carbocycles. The van der Waals surface area contributed by atoms with Crippen LogP contribution in [0, 0.1) is 18.8 Å². The van der Waals surface area contributed by atoms with Gasteiger partial charge in [-0.15, -0.1) is 0 Å². The normalized spacial score (nSPS) is 21.7. The van der Waals surface area contributed by atoms with Crippen LogP contribution in [0.5, 0.6) is 0 Å². The summed E-state index contributed by atoms with van der Waals surface area (Å²) < 4.78 is 0. The number of nitrogens with zero attached hydrogens (tertiary/aromatic N) is 1. The molecule has 108 valence electrons. The minimum absolute atomic E-state index is 0.0557. The number of carbonyl (C=O) groups excluding carboxylic acids is 1. The maximum Gasteiger partial charge on any atom is 0.306 e. The minimum Gasteiger partial charge on any atom is -0.481 e. The lowest BCUT2D eigenvalue weighted by Crippen LogP contribution is -2.35. The molecule has 1 aliphatic rings. The second-order valence-electron chi connectivity index (χ2n) is 5.46. The molecule has 1 saturated carbocycles. The molecule has 4 nitrogen and oxygen atoms in total. The molecule has 0 heterocycles. The van der Waals surface area contributed by atoms with Gasteiger partial charge in [-0.05, 0) is 45.2 Å². The molecular weight excluding hydrogens is 254 g/mol. The van der Waals surface area contributed by atoms with E-state index in [0.29, 0.717) is 25.8 Å². The molecule has 1 amide bonds. The Morgan fingerprint density at radius 2 is 1.80 bits per heavy atom. The number of carbonyl (C=O) groups is 2. The van der Waals surface area contributed by atoms with E-state index in [4.69, 9.17) is 5.11 Å². The van der Waals surface area contributed by atoms with E-state index in [0.717, 1.165) is 11.3 Å². The molecule has 1 aromatic carbocycles. The highest BCUT2D eigenvalue weighted by Crippen LogP contribution is 2.33. The molecule has 1 aromatic rings. The third-order valence-corrected chi connectivity index (χ3v) is 4.06. The number of carboxylic acids is 1. The SMILES string of the molecule is CCN(C(=O)[C@@H]1CC[C@H](C(=O)O)C1)c1ccc(C)cc1. The van der Waals surface area contributed by atoms with Crippen LogP contribution in [-0.4, -0.2) is 23.5 Å². The van der Waals surface area contributed by atoms with Crippen molar-refractivity contribution in [3.05, 3.63) is 29.8 Å². The molecule has 0 aliphatic heterocycles. The van der Waals surface area contributed by atoms with Gasteiger partial charge in [-0.2, -0.15) is 0 Å². The zero-order chi connectivity index (χ0) is 14.7. The predicted molar refractivity (Wildman–Crippen MR) is 77.7 cm³/mol. The van der Waals surface area contributed by atoms with Crippen molar-refractivity contribution in [3.8, 4) is 0 Å². The Hall–Kier alpha value is -1.84. The summed E-state index contributed by atoms with van der Waals surface area (Å²) in [5.74, 6) is -1.24. The molecule has 2 atom stereocenters. The van der Waals surface area contributed by atoms with Gasteiger partial charge in [-0.1, -0.05) is 17.7 Å². The van der Waals surface area contributed by atoms with E-state index in [-0.39, 0.29) is 17.7 Å². The van der Waals surface area contributed by atoms with E-state index in [1.807, 2.05) is 38.1 Å². The number of rotatable bonds is 4. The van der Waals surface area contributed by atoms with Gasteiger partial charge < -0.3 is 10.0 Å². The summed E-state index contributed by atoms with van der Waals surface area (Å²) >= 11 is 0. The van der Waals surface area contributed by atoms with Gasteiger partial charge in [-0.25, -0.2) is 0 Å². The Labute approximate surface area is 119 Å². The van der Waals surface area contributed by atoms with Crippen LogP contribution in [0.15, 0.2) is 24.3 Å². The van der Waals surface area contributed by atoms with Crippen LogP contribution in [0.4, 0.5) is 5.69 Å². The smallest absolute Gasteiger partial charge is 0.306 e. The summed E-state index contributed by atoms with van der Waals surface area (Å²) in [4.78, 5) is 25.3. The van der Waals surface area contributed by atoms with Crippen molar-refractivity contribution in [2.75, 3.05) is 11.4 Å². The highest BCUT2D eigenvalue weighted by Gasteiger charge is 2.35. The first-order chi connectivity index (χ1) is 9.52. The lowest BCUT2D eigenvalue weighted by molar-refractivity contribution is -0.141. The van der Waals surface area contributed by atoms with E-state index in [1.54, 1.807) is 4.90 Å². The molecule has 0 bridgehead atoms. The van der Waals surface area contributed by atoms with E-state index in [1.165, 1.54) is 0 Å². The molecule has 2 rings (SSSR count). The number of aryl methyl sites for hydroxylation is 1. The van der Waals surface area contributed by atoms with E-state index >= 15 is 0 Å². The molecule has 1 N–H and O–H groups in total. The standard InChI is InChI=1S/C16H21NO3/c1-3-17(14-8-4-11(2)5-9-14)15(18)12-6-7-13(10-12)16(19)20/h4-5,8-9,12-13H,3,6-7,10H2,1-2H3,(H,19,20)/t12-,13+/m1/s1. The van der Waals surface area contributed by atoms with Crippen LogP contribution >= 0.6 is 0 Å². The molecule has 1 fully saturated rings. The first-order valence-corrected chi connectivity index (χ1v) is 7.13. The van der Waals surface area contributed by atoms with Gasteiger partial charge in [0.05, 0.1) is 5.92 Å². The fraction of sp³-hybridized carbons (Fsp3) is 0.500. The Morgan fingerprint density at radius 3 is 2.30 bits per heavy atom. The van der Waals surface area contributed by atoms with E-state index in [2.05, 4.69) is 0 Å². The van der Waals surface area contributed by atoms with Crippen molar-refractivity contribution in [2.45, 2.75) is 33.1 Å². The lowest BCUT2D eigenvalue weighted by Gasteiger charge is -2.24. The van der Waals surface area contributed by atoms with Crippen LogP contribution in [0.2, 0.25) is 0 Å². The molecule has 0 radical (unpaired) electrons. The summed E-state index contributed by atoms with van der Waals surface area (Å²) in [6.45, 7) is 4.56. The highest BCUT2D eigenvalue weighted by molar-refractivity contribution is 5.95. The topological polar surface area (TPSA) is 57.6 Å². The number of amides is 1. The largest absolute Gasteiger partial charge is 0.481 e. The summed E-state index contributed by atoms with van der Waals surface area (Å²) in [5, 5.41) is 9.03. The highest BCUT2D eigenvalue weighted by atomic mass is 16.4. The first kappa shape index (κ1) is 14.6. The van der Waals surface area contributed by atoms with Gasteiger partial charge in [0, 0.05) is 18.2 Å². The number of hydrogen-bond donors (Lipinski definition) is 1. The second kappa shape index (κ2) is 6.07. The quantitative estimate of drug-likeness (QED) is 0.919. The van der Waals surface area contributed by atoms with Gasteiger partial charge in [0.1, 0.15) is 0 Å². The Morgan fingerprint density at radius 1 is 1.20 bits per heavy atom. The Balaban J connectivity index is 2.10. The van der Waals surface area contributed by atoms with Gasteiger partial charge in [0.15, 0.2) is 0 Å².